The minimum atomic E-state index is 0.536. The molecule has 3 heteroatoms. The first-order valence-electron chi connectivity index (χ1n) is 8.34. The summed E-state index contributed by atoms with van der Waals surface area (Å²) in [5.74, 6) is 1.71. The van der Waals surface area contributed by atoms with Crippen LogP contribution >= 0.6 is 0 Å². The van der Waals surface area contributed by atoms with Crippen LogP contribution < -0.4 is 9.47 Å². The maximum Gasteiger partial charge on any atom is 0.119 e. The number of hydrogen-bond donors (Lipinski definition) is 0. The fourth-order valence-electron chi connectivity index (χ4n) is 2.51. The number of methoxy groups -OCH3 is 1. The molecule has 3 aromatic rings. The Morgan fingerprint density at radius 3 is 1.84 bits per heavy atom. The second-order valence-electron chi connectivity index (χ2n) is 5.64. The first-order chi connectivity index (χ1) is 12.3. The van der Waals surface area contributed by atoms with Crippen LogP contribution in [0, 0.1) is 0 Å². The second-order valence-corrected chi connectivity index (χ2v) is 5.64. The molecule has 0 unspecified atom stereocenters. The maximum absolute atomic E-state index is 5.73. The van der Waals surface area contributed by atoms with Gasteiger partial charge in [0.1, 0.15) is 18.1 Å². The molecule has 0 amide bonds. The second kappa shape index (κ2) is 8.90. The molecule has 0 atom stereocenters. The Balaban J connectivity index is 1.44. The lowest BCUT2D eigenvalue weighted by atomic mass is 10.1. The van der Waals surface area contributed by atoms with Crippen LogP contribution in [0.3, 0.4) is 0 Å². The molecular formula is C22H22O3. The molecule has 0 fully saturated rings. The largest absolute Gasteiger partial charge is 0.497 e. The monoisotopic (exact) mass is 334 g/mol. The number of hydrogen-bond acceptors (Lipinski definition) is 3. The van der Waals surface area contributed by atoms with Crippen molar-refractivity contribution in [1.82, 2.24) is 0 Å². The molecule has 25 heavy (non-hydrogen) atoms. The van der Waals surface area contributed by atoms with Gasteiger partial charge in [-0.15, -0.1) is 0 Å². The van der Waals surface area contributed by atoms with E-state index in [2.05, 4.69) is 24.3 Å². The summed E-state index contributed by atoms with van der Waals surface area (Å²) in [6.07, 6.45) is 0. The third kappa shape index (κ3) is 5.10. The average Bonchev–Trinajstić information content (AvgIpc) is 2.69. The van der Waals surface area contributed by atoms with Crippen molar-refractivity contribution in [3.05, 3.63) is 84.4 Å². The van der Waals surface area contributed by atoms with E-state index in [1.54, 1.807) is 7.11 Å². The van der Waals surface area contributed by atoms with Crippen LogP contribution in [0.15, 0.2) is 78.9 Å². The SMILES string of the molecule is COc1ccc(-c2ccc(OCCOCc3ccccc3)cc2)cc1. The van der Waals surface area contributed by atoms with Gasteiger partial charge in [0.15, 0.2) is 0 Å². The Labute approximate surface area is 148 Å². The zero-order valence-corrected chi connectivity index (χ0v) is 14.4. The minimum absolute atomic E-state index is 0.536. The highest BCUT2D eigenvalue weighted by molar-refractivity contribution is 5.64. The number of benzene rings is 3. The van der Waals surface area contributed by atoms with Crippen LogP contribution in [0.2, 0.25) is 0 Å². The predicted octanol–water partition coefficient (Wildman–Crippen LogP) is 4.96. The topological polar surface area (TPSA) is 27.7 Å². The molecule has 0 aliphatic carbocycles. The van der Waals surface area contributed by atoms with Crippen LogP contribution in [0.1, 0.15) is 5.56 Å². The quantitative estimate of drug-likeness (QED) is 0.545. The van der Waals surface area contributed by atoms with E-state index in [1.165, 1.54) is 5.56 Å². The molecule has 0 bridgehead atoms. The summed E-state index contributed by atoms with van der Waals surface area (Å²) in [5, 5.41) is 0. The van der Waals surface area contributed by atoms with Gasteiger partial charge in [-0.1, -0.05) is 54.6 Å². The Bertz CT molecular complexity index is 750. The smallest absolute Gasteiger partial charge is 0.119 e. The van der Waals surface area contributed by atoms with Gasteiger partial charge >= 0.3 is 0 Å². The Morgan fingerprint density at radius 2 is 1.24 bits per heavy atom. The molecular weight excluding hydrogens is 312 g/mol. The number of ether oxygens (including phenoxy) is 3. The van der Waals surface area contributed by atoms with Crippen LogP contribution in [-0.4, -0.2) is 20.3 Å². The van der Waals surface area contributed by atoms with Gasteiger partial charge in [-0.25, -0.2) is 0 Å². The van der Waals surface area contributed by atoms with Gasteiger partial charge in [-0.2, -0.15) is 0 Å². The van der Waals surface area contributed by atoms with Gasteiger partial charge in [0, 0.05) is 0 Å². The fraction of sp³-hybridized carbons (Fsp3) is 0.182. The summed E-state index contributed by atoms with van der Waals surface area (Å²) in [7, 11) is 1.67. The van der Waals surface area contributed by atoms with Gasteiger partial charge in [0.2, 0.25) is 0 Å². The summed E-state index contributed by atoms with van der Waals surface area (Å²) in [5.41, 5.74) is 3.47. The van der Waals surface area contributed by atoms with Crippen molar-refractivity contribution in [3.63, 3.8) is 0 Å². The zero-order valence-electron chi connectivity index (χ0n) is 14.4. The van der Waals surface area contributed by atoms with Crippen LogP contribution in [-0.2, 0) is 11.3 Å². The maximum atomic E-state index is 5.73. The van der Waals surface area contributed by atoms with E-state index in [-0.39, 0.29) is 0 Å². The zero-order chi connectivity index (χ0) is 17.3. The molecule has 0 heterocycles. The van der Waals surface area contributed by atoms with E-state index in [4.69, 9.17) is 14.2 Å². The molecule has 0 N–H and O–H groups in total. The molecule has 0 aromatic heterocycles. The van der Waals surface area contributed by atoms with Crippen LogP contribution in [0.25, 0.3) is 11.1 Å². The summed E-state index contributed by atoms with van der Waals surface area (Å²) in [4.78, 5) is 0. The standard InChI is InChI=1S/C22H22O3/c1-23-21-11-7-19(8-12-21)20-9-13-22(14-10-20)25-16-15-24-17-18-5-3-2-4-6-18/h2-14H,15-17H2,1H3. The van der Waals surface area contributed by atoms with E-state index >= 15 is 0 Å². The van der Waals surface area contributed by atoms with Crippen molar-refractivity contribution in [2.75, 3.05) is 20.3 Å². The molecule has 0 aliphatic rings. The van der Waals surface area contributed by atoms with E-state index < -0.39 is 0 Å². The van der Waals surface area contributed by atoms with Gasteiger partial charge in [0.25, 0.3) is 0 Å². The van der Waals surface area contributed by atoms with Crippen LogP contribution in [0.5, 0.6) is 11.5 Å². The molecule has 0 aliphatic heterocycles. The van der Waals surface area contributed by atoms with Gasteiger partial charge in [-0.3, -0.25) is 0 Å². The molecule has 128 valence electrons. The van der Waals surface area contributed by atoms with Crippen molar-refractivity contribution in [1.29, 1.82) is 0 Å². The lowest BCUT2D eigenvalue weighted by Crippen LogP contribution is -2.06. The molecule has 0 radical (unpaired) electrons. The first kappa shape index (κ1) is 17.1. The molecule has 3 rings (SSSR count). The normalized spacial score (nSPS) is 10.4. The Kier molecular flexibility index (Phi) is 6.07. The van der Waals surface area contributed by atoms with Gasteiger partial charge < -0.3 is 14.2 Å². The highest BCUT2D eigenvalue weighted by Gasteiger charge is 2.00. The van der Waals surface area contributed by atoms with E-state index in [9.17, 15) is 0 Å². The highest BCUT2D eigenvalue weighted by atomic mass is 16.5. The van der Waals surface area contributed by atoms with E-state index in [0.29, 0.717) is 19.8 Å². The van der Waals surface area contributed by atoms with Crippen molar-refractivity contribution in [3.8, 4) is 22.6 Å². The third-order valence-electron chi connectivity index (χ3n) is 3.89. The molecule has 3 aromatic carbocycles. The van der Waals surface area contributed by atoms with Gasteiger partial charge in [0.05, 0.1) is 20.3 Å². The average molecular weight is 334 g/mol. The van der Waals surface area contributed by atoms with Crippen LogP contribution in [0.4, 0.5) is 0 Å². The van der Waals surface area contributed by atoms with E-state index in [1.807, 2.05) is 54.6 Å². The number of rotatable bonds is 8. The van der Waals surface area contributed by atoms with E-state index in [0.717, 1.165) is 22.6 Å². The molecule has 0 saturated carbocycles. The first-order valence-corrected chi connectivity index (χ1v) is 8.34. The van der Waals surface area contributed by atoms with Crippen molar-refractivity contribution in [2.45, 2.75) is 6.61 Å². The summed E-state index contributed by atoms with van der Waals surface area (Å²) < 4.78 is 16.5. The van der Waals surface area contributed by atoms with Crippen molar-refractivity contribution >= 4 is 0 Å². The van der Waals surface area contributed by atoms with Crippen molar-refractivity contribution < 1.29 is 14.2 Å². The third-order valence-corrected chi connectivity index (χ3v) is 3.89. The summed E-state index contributed by atoms with van der Waals surface area (Å²) in [6.45, 7) is 1.71. The predicted molar refractivity (Wildman–Crippen MR) is 100 cm³/mol. The fourth-order valence-corrected chi connectivity index (χ4v) is 2.51. The summed E-state index contributed by atoms with van der Waals surface area (Å²) >= 11 is 0. The lowest BCUT2D eigenvalue weighted by molar-refractivity contribution is 0.0889. The highest BCUT2D eigenvalue weighted by Crippen LogP contribution is 2.24. The Hall–Kier alpha value is -2.78. The summed E-state index contributed by atoms with van der Waals surface area (Å²) in [6, 6.07) is 26.2. The molecule has 3 nitrogen and oxygen atoms in total. The minimum Gasteiger partial charge on any atom is -0.497 e. The van der Waals surface area contributed by atoms with Gasteiger partial charge in [-0.05, 0) is 41.0 Å². The lowest BCUT2D eigenvalue weighted by Gasteiger charge is -2.09. The Morgan fingerprint density at radius 1 is 0.640 bits per heavy atom. The van der Waals surface area contributed by atoms with Crippen molar-refractivity contribution in [2.24, 2.45) is 0 Å². The molecule has 0 saturated heterocycles. The molecule has 0 spiro atoms.